The first-order chi connectivity index (χ1) is 13.7. The summed E-state index contributed by atoms with van der Waals surface area (Å²) in [5.74, 6) is 0.416. The lowest BCUT2D eigenvalue weighted by Crippen LogP contribution is -2.07. The topological polar surface area (TPSA) is 65.0 Å². The molecule has 1 aliphatic heterocycles. The quantitative estimate of drug-likeness (QED) is 0.292. The molecule has 3 aromatic carbocycles. The average molecular weight is 369 g/mol. The highest BCUT2D eigenvalue weighted by Gasteiger charge is 2.29. The van der Waals surface area contributed by atoms with Crippen molar-refractivity contribution in [3.63, 3.8) is 0 Å². The molecule has 0 aliphatic carbocycles. The number of ether oxygens (including phenoxy) is 2. The monoisotopic (exact) mass is 369 g/mol. The Labute approximate surface area is 161 Å². The summed E-state index contributed by atoms with van der Waals surface area (Å²) in [7, 11) is 0. The Balaban J connectivity index is 1.79. The van der Waals surface area contributed by atoms with Crippen molar-refractivity contribution in [2.24, 2.45) is 4.99 Å². The van der Waals surface area contributed by atoms with Crippen molar-refractivity contribution in [2.75, 3.05) is 0 Å². The molecule has 28 heavy (non-hydrogen) atoms. The number of aliphatic imine (C=N–C) groups is 1. The minimum absolute atomic E-state index is 0.0875. The highest BCUT2D eigenvalue weighted by atomic mass is 16.6. The fourth-order valence-corrected chi connectivity index (χ4v) is 2.72. The second kappa shape index (κ2) is 7.72. The van der Waals surface area contributed by atoms with E-state index in [0.717, 1.165) is 6.29 Å². The molecule has 0 saturated carbocycles. The van der Waals surface area contributed by atoms with Gasteiger partial charge in [-0.25, -0.2) is 9.79 Å². The Morgan fingerprint density at radius 3 is 2.14 bits per heavy atom. The number of hydrogen-bond acceptors (Lipinski definition) is 5. The van der Waals surface area contributed by atoms with Crippen LogP contribution in [0, 0.1) is 0 Å². The third kappa shape index (κ3) is 3.59. The molecule has 0 fully saturated rings. The molecule has 0 aromatic heterocycles. The van der Waals surface area contributed by atoms with Crippen LogP contribution in [0.25, 0.3) is 5.76 Å². The first-order valence-corrected chi connectivity index (χ1v) is 8.63. The number of hydrogen-bond donors (Lipinski definition) is 0. The number of aldehydes is 1. The number of nitrogens with zero attached hydrogens (tertiary/aromatic N) is 1. The highest BCUT2D eigenvalue weighted by molar-refractivity contribution is 6.13. The standard InChI is InChI=1S/C23H15NO4/c25-15-16-11-13-19(14-12-16)27-21(17-7-3-1-4-8-17)20-23(26)28-22(24-20)18-9-5-2-6-10-18/h1-15H/b21-20-. The van der Waals surface area contributed by atoms with Gasteiger partial charge in [-0.05, 0) is 36.4 Å². The molecule has 0 saturated heterocycles. The SMILES string of the molecule is O=Cc1ccc(O/C(=C2\N=C(c3ccccc3)OC2=O)c2ccccc2)cc1. The van der Waals surface area contributed by atoms with E-state index in [-0.39, 0.29) is 17.4 Å². The third-order valence-electron chi connectivity index (χ3n) is 4.10. The van der Waals surface area contributed by atoms with Gasteiger partial charge in [0.1, 0.15) is 12.0 Å². The number of carbonyl (C=O) groups is 2. The zero-order chi connectivity index (χ0) is 19.3. The van der Waals surface area contributed by atoms with E-state index in [1.54, 1.807) is 24.3 Å². The second-order valence-electron chi connectivity index (χ2n) is 6.01. The predicted octanol–water partition coefficient (Wildman–Crippen LogP) is 4.25. The summed E-state index contributed by atoms with van der Waals surface area (Å²) in [6, 6.07) is 25.0. The van der Waals surface area contributed by atoms with Crippen LogP contribution in [0.3, 0.4) is 0 Å². The maximum atomic E-state index is 12.5. The zero-order valence-electron chi connectivity index (χ0n) is 14.7. The Bertz CT molecular complexity index is 1070. The summed E-state index contributed by atoms with van der Waals surface area (Å²) in [4.78, 5) is 27.8. The van der Waals surface area contributed by atoms with Gasteiger partial charge in [-0.1, -0.05) is 48.5 Å². The molecular formula is C23H15NO4. The molecule has 0 bridgehead atoms. The van der Waals surface area contributed by atoms with Crippen LogP contribution >= 0.6 is 0 Å². The first-order valence-electron chi connectivity index (χ1n) is 8.63. The molecule has 0 atom stereocenters. The van der Waals surface area contributed by atoms with Gasteiger partial charge in [0.2, 0.25) is 5.90 Å². The number of esters is 1. The minimum Gasteiger partial charge on any atom is -0.454 e. The van der Waals surface area contributed by atoms with Crippen molar-refractivity contribution >= 4 is 23.9 Å². The van der Waals surface area contributed by atoms with Gasteiger partial charge in [0, 0.05) is 16.7 Å². The van der Waals surface area contributed by atoms with Crippen molar-refractivity contribution in [1.29, 1.82) is 0 Å². The number of cyclic esters (lactones) is 1. The van der Waals surface area contributed by atoms with Gasteiger partial charge in [-0.15, -0.1) is 0 Å². The smallest absolute Gasteiger partial charge is 0.367 e. The van der Waals surface area contributed by atoms with E-state index in [4.69, 9.17) is 9.47 Å². The second-order valence-corrected chi connectivity index (χ2v) is 6.01. The molecular weight excluding hydrogens is 354 g/mol. The Morgan fingerprint density at radius 1 is 0.857 bits per heavy atom. The Hall–Kier alpha value is -3.99. The summed E-state index contributed by atoms with van der Waals surface area (Å²) in [6.45, 7) is 0. The lowest BCUT2D eigenvalue weighted by atomic mass is 10.1. The van der Waals surface area contributed by atoms with Gasteiger partial charge < -0.3 is 9.47 Å². The Morgan fingerprint density at radius 2 is 1.50 bits per heavy atom. The lowest BCUT2D eigenvalue weighted by Gasteiger charge is -2.11. The van der Waals surface area contributed by atoms with Gasteiger partial charge in [0.05, 0.1) is 0 Å². The fourth-order valence-electron chi connectivity index (χ4n) is 2.72. The Kier molecular flexibility index (Phi) is 4.80. The van der Waals surface area contributed by atoms with Crippen molar-refractivity contribution in [3.05, 3.63) is 107 Å². The van der Waals surface area contributed by atoms with Gasteiger partial charge in [-0.3, -0.25) is 4.79 Å². The van der Waals surface area contributed by atoms with E-state index < -0.39 is 5.97 Å². The van der Waals surface area contributed by atoms with Gasteiger partial charge in [0.15, 0.2) is 11.5 Å². The normalized spacial score (nSPS) is 14.9. The van der Waals surface area contributed by atoms with E-state index >= 15 is 0 Å². The van der Waals surface area contributed by atoms with Crippen LogP contribution in [0.5, 0.6) is 5.75 Å². The molecule has 0 N–H and O–H groups in total. The maximum absolute atomic E-state index is 12.5. The maximum Gasteiger partial charge on any atom is 0.367 e. The summed E-state index contributed by atoms with van der Waals surface area (Å²) in [5, 5.41) is 0. The molecule has 0 unspecified atom stereocenters. The predicted molar refractivity (Wildman–Crippen MR) is 105 cm³/mol. The van der Waals surface area contributed by atoms with E-state index in [1.807, 2.05) is 60.7 Å². The van der Waals surface area contributed by atoms with Crippen LogP contribution in [0.4, 0.5) is 0 Å². The van der Waals surface area contributed by atoms with E-state index in [2.05, 4.69) is 4.99 Å². The van der Waals surface area contributed by atoms with Crippen molar-refractivity contribution in [2.45, 2.75) is 0 Å². The number of carbonyl (C=O) groups excluding carboxylic acids is 2. The van der Waals surface area contributed by atoms with Crippen molar-refractivity contribution in [1.82, 2.24) is 0 Å². The van der Waals surface area contributed by atoms with Crippen LogP contribution in [-0.2, 0) is 9.53 Å². The van der Waals surface area contributed by atoms with E-state index in [1.165, 1.54) is 0 Å². The molecule has 5 heteroatoms. The zero-order valence-corrected chi connectivity index (χ0v) is 14.7. The van der Waals surface area contributed by atoms with E-state index in [9.17, 15) is 9.59 Å². The molecule has 136 valence electrons. The molecule has 0 radical (unpaired) electrons. The van der Waals surface area contributed by atoms with Crippen LogP contribution in [-0.4, -0.2) is 18.2 Å². The molecule has 5 nitrogen and oxygen atoms in total. The molecule has 1 heterocycles. The summed E-state index contributed by atoms with van der Waals surface area (Å²) in [6.07, 6.45) is 0.755. The van der Waals surface area contributed by atoms with Crippen LogP contribution in [0.2, 0.25) is 0 Å². The largest absolute Gasteiger partial charge is 0.454 e. The highest BCUT2D eigenvalue weighted by Crippen LogP contribution is 2.29. The molecule has 4 rings (SSSR count). The summed E-state index contributed by atoms with van der Waals surface area (Å²) in [5.41, 5.74) is 2.01. The fraction of sp³-hybridized carbons (Fsp3) is 0. The van der Waals surface area contributed by atoms with E-state index in [0.29, 0.717) is 22.4 Å². The minimum atomic E-state index is -0.581. The number of benzene rings is 3. The molecule has 1 aliphatic rings. The van der Waals surface area contributed by atoms with Crippen molar-refractivity contribution in [3.8, 4) is 5.75 Å². The third-order valence-corrected chi connectivity index (χ3v) is 4.10. The molecule has 3 aromatic rings. The summed E-state index contributed by atoms with van der Waals surface area (Å²) < 4.78 is 11.4. The summed E-state index contributed by atoms with van der Waals surface area (Å²) >= 11 is 0. The van der Waals surface area contributed by atoms with Crippen LogP contribution in [0.1, 0.15) is 21.5 Å². The first kappa shape index (κ1) is 17.4. The molecule has 0 spiro atoms. The number of rotatable bonds is 5. The van der Waals surface area contributed by atoms with Crippen LogP contribution < -0.4 is 4.74 Å². The lowest BCUT2D eigenvalue weighted by molar-refractivity contribution is -0.130. The van der Waals surface area contributed by atoms with Gasteiger partial charge in [-0.2, -0.15) is 0 Å². The molecule has 0 amide bonds. The average Bonchev–Trinajstić information content (AvgIpc) is 3.15. The van der Waals surface area contributed by atoms with Gasteiger partial charge >= 0.3 is 5.97 Å². The van der Waals surface area contributed by atoms with Gasteiger partial charge in [0.25, 0.3) is 0 Å². The van der Waals surface area contributed by atoms with Crippen LogP contribution in [0.15, 0.2) is 95.6 Å². The van der Waals surface area contributed by atoms with Crippen molar-refractivity contribution < 1.29 is 19.1 Å².